The van der Waals surface area contributed by atoms with Crippen molar-refractivity contribution in [2.24, 2.45) is 0 Å². The number of likely N-dealkylation sites (N-methyl/N-ethyl adjacent to an activating group) is 1. The Morgan fingerprint density at radius 3 is 2.70 bits per heavy atom. The first-order chi connectivity index (χ1) is 9.42. The molecule has 0 aromatic heterocycles. The number of carbonyl (C=O) groups excluding carboxylic acids is 1. The highest BCUT2D eigenvalue weighted by Crippen LogP contribution is 2.22. The third kappa shape index (κ3) is 3.45. The smallest absolute Gasteiger partial charge is 0.270 e. The van der Waals surface area contributed by atoms with Crippen molar-refractivity contribution in [2.75, 3.05) is 26.0 Å². The number of nitrogen functional groups attached to an aromatic ring is 1. The second kappa shape index (κ2) is 6.85. The molecule has 0 spiro atoms. The van der Waals surface area contributed by atoms with Crippen molar-refractivity contribution in [3.63, 3.8) is 0 Å². The lowest BCUT2D eigenvalue weighted by Gasteiger charge is -2.28. The standard InChI is InChI=1S/C13H19N3O4/c1-4-15(9(2)8-20-3)13(17)11-7-10(16(18)19)5-6-12(11)14/h5-7,9H,4,8,14H2,1-3H3. The molecule has 0 radical (unpaired) electrons. The van der Waals surface area contributed by atoms with Crippen molar-refractivity contribution in [1.29, 1.82) is 0 Å². The number of nitrogens with two attached hydrogens (primary N) is 1. The van der Waals surface area contributed by atoms with E-state index in [2.05, 4.69) is 0 Å². The number of nitro benzene ring substituents is 1. The monoisotopic (exact) mass is 281 g/mol. The van der Waals surface area contributed by atoms with Crippen molar-refractivity contribution < 1.29 is 14.5 Å². The maximum Gasteiger partial charge on any atom is 0.270 e. The molecule has 7 heteroatoms. The van der Waals surface area contributed by atoms with Crippen LogP contribution in [0.25, 0.3) is 0 Å². The molecule has 1 aromatic rings. The second-order valence-corrected chi connectivity index (χ2v) is 4.42. The van der Waals surface area contributed by atoms with E-state index in [1.807, 2.05) is 13.8 Å². The Balaban J connectivity index is 3.11. The van der Waals surface area contributed by atoms with Gasteiger partial charge in [-0.25, -0.2) is 0 Å². The minimum Gasteiger partial charge on any atom is -0.398 e. The lowest BCUT2D eigenvalue weighted by Crippen LogP contribution is -2.41. The average molecular weight is 281 g/mol. The van der Waals surface area contributed by atoms with Crippen LogP contribution >= 0.6 is 0 Å². The molecular weight excluding hydrogens is 262 g/mol. The van der Waals surface area contributed by atoms with Crippen LogP contribution in [-0.2, 0) is 4.74 Å². The summed E-state index contributed by atoms with van der Waals surface area (Å²) in [6, 6.07) is 3.72. The van der Waals surface area contributed by atoms with Gasteiger partial charge in [-0.2, -0.15) is 0 Å². The SMILES string of the molecule is CCN(C(=O)c1cc([N+](=O)[O-])ccc1N)C(C)COC. The number of amides is 1. The summed E-state index contributed by atoms with van der Waals surface area (Å²) in [6.45, 7) is 4.52. The summed E-state index contributed by atoms with van der Waals surface area (Å²) in [7, 11) is 1.55. The number of ether oxygens (including phenoxy) is 1. The molecule has 110 valence electrons. The second-order valence-electron chi connectivity index (χ2n) is 4.42. The van der Waals surface area contributed by atoms with E-state index in [9.17, 15) is 14.9 Å². The van der Waals surface area contributed by atoms with Crippen LogP contribution in [0.15, 0.2) is 18.2 Å². The number of hydrogen-bond acceptors (Lipinski definition) is 5. The van der Waals surface area contributed by atoms with E-state index < -0.39 is 4.92 Å². The number of anilines is 1. The molecule has 1 rings (SSSR count). The number of non-ortho nitro benzene ring substituents is 1. The minimum absolute atomic E-state index is 0.142. The van der Waals surface area contributed by atoms with Gasteiger partial charge in [0.05, 0.1) is 23.1 Å². The topological polar surface area (TPSA) is 98.7 Å². The van der Waals surface area contributed by atoms with Crippen molar-refractivity contribution in [3.05, 3.63) is 33.9 Å². The fraction of sp³-hybridized carbons (Fsp3) is 0.462. The maximum absolute atomic E-state index is 12.5. The van der Waals surface area contributed by atoms with Gasteiger partial charge in [0.2, 0.25) is 0 Å². The van der Waals surface area contributed by atoms with Crippen molar-refractivity contribution >= 4 is 17.3 Å². The molecule has 1 atom stereocenters. The summed E-state index contributed by atoms with van der Waals surface area (Å²) < 4.78 is 5.03. The van der Waals surface area contributed by atoms with Crippen molar-refractivity contribution in [2.45, 2.75) is 19.9 Å². The van der Waals surface area contributed by atoms with Crippen LogP contribution in [0, 0.1) is 10.1 Å². The van der Waals surface area contributed by atoms with E-state index in [0.29, 0.717) is 13.2 Å². The number of rotatable bonds is 6. The zero-order valence-electron chi connectivity index (χ0n) is 11.8. The molecule has 0 fully saturated rings. The van der Waals surface area contributed by atoms with E-state index >= 15 is 0 Å². The van der Waals surface area contributed by atoms with Crippen LogP contribution < -0.4 is 5.73 Å². The first kappa shape index (κ1) is 15.9. The van der Waals surface area contributed by atoms with Gasteiger partial charge in [0.1, 0.15) is 0 Å². The van der Waals surface area contributed by atoms with E-state index in [0.717, 1.165) is 0 Å². The summed E-state index contributed by atoms with van der Waals surface area (Å²) in [5, 5.41) is 10.8. The van der Waals surface area contributed by atoms with Crippen molar-refractivity contribution in [1.82, 2.24) is 4.90 Å². The van der Waals surface area contributed by atoms with Crippen LogP contribution in [0.2, 0.25) is 0 Å². The Morgan fingerprint density at radius 2 is 2.20 bits per heavy atom. The van der Waals surface area contributed by atoms with E-state index in [-0.39, 0.29) is 28.9 Å². The Bertz CT molecular complexity index is 504. The zero-order chi connectivity index (χ0) is 15.3. The lowest BCUT2D eigenvalue weighted by atomic mass is 10.1. The summed E-state index contributed by atoms with van der Waals surface area (Å²) in [5.74, 6) is -0.335. The fourth-order valence-corrected chi connectivity index (χ4v) is 1.98. The van der Waals surface area contributed by atoms with Crippen LogP contribution in [0.1, 0.15) is 24.2 Å². The molecule has 2 N–H and O–H groups in total. The minimum atomic E-state index is -0.551. The molecule has 0 heterocycles. The lowest BCUT2D eigenvalue weighted by molar-refractivity contribution is -0.384. The zero-order valence-corrected chi connectivity index (χ0v) is 11.8. The summed E-state index contributed by atoms with van der Waals surface area (Å²) in [4.78, 5) is 24.3. The Kier molecular flexibility index (Phi) is 5.45. The molecule has 20 heavy (non-hydrogen) atoms. The first-order valence-electron chi connectivity index (χ1n) is 6.26. The van der Waals surface area contributed by atoms with Gasteiger partial charge in [0.15, 0.2) is 0 Å². The van der Waals surface area contributed by atoms with Crippen LogP contribution in [-0.4, -0.2) is 42.0 Å². The van der Waals surface area contributed by atoms with Crippen LogP contribution in [0.5, 0.6) is 0 Å². The third-order valence-corrected chi connectivity index (χ3v) is 3.02. The molecule has 0 saturated heterocycles. The summed E-state index contributed by atoms with van der Waals surface area (Å²) >= 11 is 0. The molecule has 1 unspecified atom stereocenters. The number of carbonyl (C=O) groups is 1. The average Bonchev–Trinajstić information content (AvgIpc) is 2.39. The van der Waals surface area contributed by atoms with Crippen LogP contribution in [0.3, 0.4) is 0 Å². The molecule has 0 bridgehead atoms. The van der Waals surface area contributed by atoms with Gasteiger partial charge in [-0.05, 0) is 19.9 Å². The Labute approximate surface area is 117 Å². The predicted molar refractivity (Wildman–Crippen MR) is 75.6 cm³/mol. The number of hydrogen-bond donors (Lipinski definition) is 1. The van der Waals surface area contributed by atoms with E-state index in [1.165, 1.54) is 18.2 Å². The summed E-state index contributed by atoms with van der Waals surface area (Å²) in [6.07, 6.45) is 0. The van der Waals surface area contributed by atoms with Gasteiger partial charge in [-0.15, -0.1) is 0 Å². The molecule has 1 amide bonds. The highest BCUT2D eigenvalue weighted by atomic mass is 16.6. The fourth-order valence-electron chi connectivity index (χ4n) is 1.98. The normalized spacial score (nSPS) is 11.9. The maximum atomic E-state index is 12.5. The van der Waals surface area contributed by atoms with E-state index in [4.69, 9.17) is 10.5 Å². The van der Waals surface area contributed by atoms with Crippen molar-refractivity contribution in [3.8, 4) is 0 Å². The number of nitrogens with zero attached hydrogens (tertiary/aromatic N) is 2. The number of benzene rings is 1. The van der Waals surface area contributed by atoms with E-state index in [1.54, 1.807) is 12.0 Å². The van der Waals surface area contributed by atoms with Gasteiger partial charge in [0.25, 0.3) is 11.6 Å². The molecule has 0 aliphatic heterocycles. The van der Waals surface area contributed by atoms with Gasteiger partial charge < -0.3 is 15.4 Å². The molecule has 1 aromatic carbocycles. The number of nitro groups is 1. The van der Waals surface area contributed by atoms with Gasteiger partial charge in [-0.1, -0.05) is 0 Å². The first-order valence-corrected chi connectivity index (χ1v) is 6.26. The molecule has 0 saturated carbocycles. The van der Waals surface area contributed by atoms with Gasteiger partial charge in [0, 0.05) is 31.5 Å². The molecule has 7 nitrogen and oxygen atoms in total. The highest BCUT2D eigenvalue weighted by Gasteiger charge is 2.23. The molecule has 0 aliphatic carbocycles. The quantitative estimate of drug-likeness (QED) is 0.486. The number of methoxy groups -OCH3 is 1. The van der Waals surface area contributed by atoms with Gasteiger partial charge >= 0.3 is 0 Å². The van der Waals surface area contributed by atoms with Gasteiger partial charge in [-0.3, -0.25) is 14.9 Å². The Hall–Kier alpha value is -2.15. The van der Waals surface area contributed by atoms with Crippen LogP contribution in [0.4, 0.5) is 11.4 Å². The largest absolute Gasteiger partial charge is 0.398 e. The predicted octanol–water partition coefficient (Wildman–Crippen LogP) is 1.67. The summed E-state index contributed by atoms with van der Waals surface area (Å²) in [5.41, 5.74) is 5.97. The third-order valence-electron chi connectivity index (χ3n) is 3.02. The molecule has 0 aliphatic rings. The highest BCUT2D eigenvalue weighted by molar-refractivity contribution is 6.00. The Morgan fingerprint density at radius 1 is 1.55 bits per heavy atom. The molecular formula is C13H19N3O4.